The molecule has 6 heteroatoms. The maximum Gasteiger partial charge on any atom is 0.307 e. The van der Waals surface area contributed by atoms with Gasteiger partial charge in [0.15, 0.2) is 0 Å². The van der Waals surface area contributed by atoms with Crippen LogP contribution in [0.3, 0.4) is 0 Å². The number of nitriles is 1. The molecular weight excluding hydrogens is 336 g/mol. The van der Waals surface area contributed by atoms with Crippen LogP contribution in [0.15, 0.2) is 0 Å². The summed E-state index contributed by atoms with van der Waals surface area (Å²) in [5, 5.41) is 22.7. The first-order valence-corrected chi connectivity index (χ1v) is 10.00. The molecule has 2 bridgehead atoms. The summed E-state index contributed by atoms with van der Waals surface area (Å²) in [4.78, 5) is 25.8. The fourth-order valence-electron chi connectivity index (χ4n) is 5.17. The molecule has 1 heterocycles. The first-order valence-electron chi connectivity index (χ1n) is 9.18. The van der Waals surface area contributed by atoms with Gasteiger partial charge in [-0.25, -0.2) is 0 Å². The van der Waals surface area contributed by atoms with E-state index in [-0.39, 0.29) is 17.7 Å². The Labute approximate surface area is 151 Å². The smallest absolute Gasteiger partial charge is 0.307 e. The molecule has 0 aromatic carbocycles. The first-order chi connectivity index (χ1) is 12.1. The van der Waals surface area contributed by atoms with E-state index in [1.165, 1.54) is 22.6 Å². The van der Waals surface area contributed by atoms with Crippen molar-refractivity contribution < 1.29 is 14.7 Å². The van der Waals surface area contributed by atoms with Gasteiger partial charge in [-0.1, -0.05) is 6.42 Å². The maximum atomic E-state index is 12.9. The highest BCUT2D eigenvalue weighted by Gasteiger charge is 2.54. The zero-order valence-corrected chi connectivity index (χ0v) is 14.9. The summed E-state index contributed by atoms with van der Waals surface area (Å²) in [6.07, 6.45) is 7.96. The van der Waals surface area contributed by atoms with Crippen LogP contribution in [0.4, 0.5) is 5.00 Å². The highest BCUT2D eigenvalue weighted by Crippen LogP contribution is 2.53. The number of carbonyl (C=O) groups excluding carboxylic acids is 1. The lowest BCUT2D eigenvalue weighted by Gasteiger charge is -2.26. The molecule has 2 N–H and O–H groups in total. The number of thiophene rings is 1. The molecule has 0 spiro atoms. The Morgan fingerprint density at radius 3 is 2.56 bits per heavy atom. The van der Waals surface area contributed by atoms with E-state index in [4.69, 9.17) is 0 Å². The van der Waals surface area contributed by atoms with E-state index in [1.54, 1.807) is 0 Å². The Balaban J connectivity index is 1.59. The van der Waals surface area contributed by atoms with Gasteiger partial charge in [0.25, 0.3) is 0 Å². The van der Waals surface area contributed by atoms with E-state index in [9.17, 15) is 20.0 Å². The van der Waals surface area contributed by atoms with Crippen molar-refractivity contribution in [2.45, 2.75) is 51.4 Å². The number of nitrogens with one attached hydrogen (secondary N) is 1. The third kappa shape index (κ3) is 2.75. The summed E-state index contributed by atoms with van der Waals surface area (Å²) in [6.45, 7) is 0. The molecule has 25 heavy (non-hydrogen) atoms. The molecule has 4 atom stereocenters. The van der Waals surface area contributed by atoms with Gasteiger partial charge in [0.05, 0.1) is 17.4 Å². The molecule has 5 nitrogen and oxygen atoms in total. The number of aliphatic carboxylic acids is 1. The Morgan fingerprint density at radius 2 is 1.84 bits per heavy atom. The molecule has 3 aliphatic rings. The van der Waals surface area contributed by atoms with E-state index < -0.39 is 17.8 Å². The minimum absolute atomic E-state index is 0.133. The van der Waals surface area contributed by atoms with Crippen LogP contribution in [0, 0.1) is 35.0 Å². The Bertz CT molecular complexity index is 763. The average molecular weight is 358 g/mol. The largest absolute Gasteiger partial charge is 0.481 e. The van der Waals surface area contributed by atoms with Crippen molar-refractivity contribution in [3.05, 3.63) is 16.0 Å². The van der Waals surface area contributed by atoms with Gasteiger partial charge in [0.1, 0.15) is 11.1 Å². The van der Waals surface area contributed by atoms with Crippen molar-refractivity contribution in [2.24, 2.45) is 23.7 Å². The Morgan fingerprint density at radius 1 is 1.12 bits per heavy atom. The molecule has 0 aliphatic heterocycles. The Hall–Kier alpha value is -1.87. The van der Waals surface area contributed by atoms with Crippen molar-refractivity contribution in [1.29, 1.82) is 5.26 Å². The summed E-state index contributed by atoms with van der Waals surface area (Å²) >= 11 is 1.51. The second-order valence-corrected chi connectivity index (χ2v) is 8.70. The highest BCUT2D eigenvalue weighted by molar-refractivity contribution is 7.16. The maximum absolute atomic E-state index is 12.9. The van der Waals surface area contributed by atoms with Crippen LogP contribution in [0.1, 0.15) is 54.5 Å². The van der Waals surface area contributed by atoms with Crippen LogP contribution in [-0.4, -0.2) is 17.0 Å². The summed E-state index contributed by atoms with van der Waals surface area (Å²) in [5.74, 6) is -1.77. The molecule has 1 aromatic heterocycles. The second kappa shape index (κ2) is 6.45. The number of fused-ring (bicyclic) bond motifs is 3. The van der Waals surface area contributed by atoms with E-state index in [0.717, 1.165) is 50.5 Å². The number of carbonyl (C=O) groups is 2. The van der Waals surface area contributed by atoms with Crippen LogP contribution in [0.2, 0.25) is 0 Å². The van der Waals surface area contributed by atoms with Crippen molar-refractivity contribution in [3.63, 3.8) is 0 Å². The number of aryl methyl sites for hydroxylation is 1. The van der Waals surface area contributed by atoms with Crippen LogP contribution in [0.25, 0.3) is 0 Å². The molecule has 2 saturated carbocycles. The third-order valence-electron chi connectivity index (χ3n) is 6.27. The van der Waals surface area contributed by atoms with Gasteiger partial charge in [-0.15, -0.1) is 11.3 Å². The lowest BCUT2D eigenvalue weighted by molar-refractivity contribution is -0.148. The van der Waals surface area contributed by atoms with Crippen LogP contribution in [0.5, 0.6) is 0 Å². The van der Waals surface area contributed by atoms with Crippen molar-refractivity contribution >= 4 is 28.2 Å². The summed E-state index contributed by atoms with van der Waals surface area (Å²) in [7, 11) is 0. The normalized spacial score (nSPS) is 30.4. The average Bonchev–Trinajstić information content (AvgIpc) is 3.23. The zero-order chi connectivity index (χ0) is 17.6. The number of hydrogen-bond donors (Lipinski definition) is 2. The molecule has 2 fully saturated rings. The fourth-order valence-corrected chi connectivity index (χ4v) is 6.41. The van der Waals surface area contributed by atoms with Crippen LogP contribution in [-0.2, 0) is 22.4 Å². The summed E-state index contributed by atoms with van der Waals surface area (Å²) in [6, 6.07) is 2.27. The number of nitrogens with zero attached hydrogens (tertiary/aromatic N) is 1. The van der Waals surface area contributed by atoms with Gasteiger partial charge in [-0.2, -0.15) is 5.26 Å². The van der Waals surface area contributed by atoms with Crippen molar-refractivity contribution in [2.75, 3.05) is 5.32 Å². The molecule has 0 radical (unpaired) electrons. The third-order valence-corrected chi connectivity index (χ3v) is 7.48. The number of anilines is 1. The van der Waals surface area contributed by atoms with E-state index in [2.05, 4.69) is 11.4 Å². The quantitative estimate of drug-likeness (QED) is 0.808. The fraction of sp³-hybridized carbons (Fsp3) is 0.632. The zero-order valence-electron chi connectivity index (χ0n) is 14.1. The molecule has 1 amide bonds. The molecular formula is C19H22N2O3S. The molecule has 4 rings (SSSR count). The minimum Gasteiger partial charge on any atom is -0.481 e. The van der Waals surface area contributed by atoms with Crippen LogP contribution >= 0.6 is 11.3 Å². The van der Waals surface area contributed by atoms with Crippen molar-refractivity contribution in [3.8, 4) is 6.07 Å². The molecule has 132 valence electrons. The first kappa shape index (κ1) is 16.6. The van der Waals surface area contributed by atoms with Gasteiger partial charge < -0.3 is 10.4 Å². The number of carboxylic acids is 1. The predicted molar refractivity (Wildman–Crippen MR) is 94.4 cm³/mol. The van der Waals surface area contributed by atoms with Crippen LogP contribution < -0.4 is 5.32 Å². The monoisotopic (exact) mass is 358 g/mol. The van der Waals surface area contributed by atoms with Gasteiger partial charge in [0, 0.05) is 4.88 Å². The van der Waals surface area contributed by atoms with Gasteiger partial charge >= 0.3 is 5.97 Å². The van der Waals surface area contributed by atoms with E-state index in [1.807, 2.05) is 0 Å². The lowest BCUT2D eigenvalue weighted by Crippen LogP contribution is -2.37. The minimum atomic E-state index is -0.852. The molecule has 3 aliphatic carbocycles. The molecule has 1 aromatic rings. The number of amides is 1. The molecule has 0 saturated heterocycles. The number of rotatable bonds is 3. The summed E-state index contributed by atoms with van der Waals surface area (Å²) < 4.78 is 0. The van der Waals surface area contributed by atoms with Gasteiger partial charge in [-0.3, -0.25) is 9.59 Å². The highest BCUT2D eigenvalue weighted by atomic mass is 32.1. The standard InChI is InChI=1S/C19H22N2O3S/c20-9-13-12-4-2-1-3-5-14(12)25-18(13)21-17(22)15-10-6-7-11(8-10)16(15)19(23)24/h10-11,15-16H,1-8H2,(H,21,22)(H,23,24)/t10-,11-,15+,16-/m0/s1. The topological polar surface area (TPSA) is 90.2 Å². The second-order valence-electron chi connectivity index (χ2n) is 7.59. The Kier molecular flexibility index (Phi) is 4.28. The summed E-state index contributed by atoms with van der Waals surface area (Å²) in [5.41, 5.74) is 1.70. The SMILES string of the molecule is N#Cc1c(NC(=O)[C@@H]2[C@H]3CC[C@@H](C3)[C@@H]2C(=O)O)sc2c1CCCCC2. The van der Waals surface area contributed by atoms with Crippen molar-refractivity contribution in [1.82, 2.24) is 0 Å². The van der Waals surface area contributed by atoms with E-state index >= 15 is 0 Å². The lowest BCUT2D eigenvalue weighted by atomic mass is 9.79. The number of hydrogen-bond acceptors (Lipinski definition) is 4. The van der Waals surface area contributed by atoms with Gasteiger partial charge in [0.2, 0.25) is 5.91 Å². The van der Waals surface area contributed by atoms with E-state index in [0.29, 0.717) is 10.6 Å². The molecule has 0 unspecified atom stereocenters. The number of carboxylic acid groups (broad SMARTS) is 1. The van der Waals surface area contributed by atoms with Gasteiger partial charge in [-0.05, 0) is 62.3 Å². The predicted octanol–water partition coefficient (Wildman–Crippen LogP) is 3.57.